The average molecular weight is 287 g/mol. The Hall–Kier alpha value is -0.120. The molecule has 0 aromatic heterocycles. The molecule has 0 saturated heterocycles. The zero-order chi connectivity index (χ0) is 12.3. The molecule has 0 spiro atoms. The van der Waals surface area contributed by atoms with Crippen LogP contribution in [0.4, 0.5) is 0 Å². The smallest absolute Gasteiger partial charge is 0.274 e. The Morgan fingerprint density at radius 2 is 2.19 bits per heavy atom. The molecule has 1 amide bonds. The van der Waals surface area contributed by atoms with E-state index >= 15 is 0 Å². The van der Waals surface area contributed by atoms with E-state index in [4.69, 9.17) is 39.5 Å². The van der Waals surface area contributed by atoms with Gasteiger partial charge in [-0.2, -0.15) is 0 Å². The number of carbonyl (C=O) groups is 1. The number of nitrogens with zero attached hydrogens (tertiary/aromatic N) is 1. The molecular weight excluding hydrogens is 272 g/mol. The molecule has 0 aliphatic heterocycles. The van der Waals surface area contributed by atoms with Crippen molar-refractivity contribution in [3.63, 3.8) is 0 Å². The number of hydrogen-bond donors (Lipinski definition) is 0. The second-order valence-corrected chi connectivity index (χ2v) is 6.00. The largest absolute Gasteiger partial charge is 0.501 e. The highest BCUT2D eigenvalue weighted by Crippen LogP contribution is 2.31. The highest BCUT2D eigenvalue weighted by molar-refractivity contribution is 6.76. The number of alkyl halides is 3. The molecule has 92 valence electrons. The highest BCUT2D eigenvalue weighted by atomic mass is 35.6. The van der Waals surface area contributed by atoms with Crippen LogP contribution in [0.5, 0.6) is 0 Å². The second kappa shape index (κ2) is 5.48. The summed E-state index contributed by atoms with van der Waals surface area (Å²) in [6, 6.07) is 0.0713. The minimum atomic E-state index is -1.88. The highest BCUT2D eigenvalue weighted by Gasteiger charge is 2.36. The Kier molecular flexibility index (Phi) is 4.77. The molecule has 0 radical (unpaired) electrons. The van der Waals surface area contributed by atoms with Crippen LogP contribution >= 0.6 is 34.8 Å². The summed E-state index contributed by atoms with van der Waals surface area (Å²) in [6.45, 7) is 0. The molecule has 0 saturated carbocycles. The Balaban J connectivity index is 2.61. The average Bonchev–Trinajstić information content (AvgIpc) is 2.26. The molecule has 0 heterocycles. The van der Waals surface area contributed by atoms with E-state index in [2.05, 4.69) is 0 Å². The second-order valence-electron chi connectivity index (χ2n) is 3.72. The van der Waals surface area contributed by atoms with Crippen LogP contribution in [-0.4, -0.2) is 34.8 Å². The molecule has 0 N–H and O–H groups in total. The Labute approximate surface area is 110 Å². The van der Waals surface area contributed by atoms with Crippen LogP contribution in [0.15, 0.2) is 11.8 Å². The Morgan fingerprint density at radius 3 is 2.56 bits per heavy atom. The van der Waals surface area contributed by atoms with Crippen LogP contribution < -0.4 is 0 Å². The Bertz CT molecular complexity index is 299. The van der Waals surface area contributed by atoms with Crippen LogP contribution in [0.3, 0.4) is 0 Å². The fourth-order valence-corrected chi connectivity index (χ4v) is 2.10. The van der Waals surface area contributed by atoms with Gasteiger partial charge in [-0.25, -0.2) is 0 Å². The summed E-state index contributed by atoms with van der Waals surface area (Å²) < 4.78 is 3.25. The van der Waals surface area contributed by atoms with Gasteiger partial charge in [-0.05, 0) is 18.9 Å². The van der Waals surface area contributed by atoms with Crippen LogP contribution in [-0.2, 0) is 9.53 Å². The standard InChI is InChI=1S/C10H14Cl3NO2/c1-14(9(15)10(11,12)13)7-3-5-8(16-2)6-4-7/h5,7H,3-4,6H2,1-2H3. The van der Waals surface area contributed by atoms with Gasteiger partial charge in [0.05, 0.1) is 12.9 Å². The third kappa shape index (κ3) is 3.44. The van der Waals surface area contributed by atoms with E-state index in [9.17, 15) is 4.79 Å². The van der Waals surface area contributed by atoms with Crippen molar-refractivity contribution in [1.82, 2.24) is 4.90 Å². The monoisotopic (exact) mass is 285 g/mol. The molecule has 1 aliphatic rings. The zero-order valence-corrected chi connectivity index (χ0v) is 11.4. The van der Waals surface area contributed by atoms with Gasteiger partial charge in [0.25, 0.3) is 9.70 Å². The molecular formula is C10H14Cl3NO2. The van der Waals surface area contributed by atoms with Crippen molar-refractivity contribution in [2.45, 2.75) is 29.1 Å². The molecule has 1 rings (SSSR count). The summed E-state index contributed by atoms with van der Waals surface area (Å²) in [5.74, 6) is 0.461. The maximum atomic E-state index is 11.7. The SMILES string of the molecule is COC1=CCC(N(C)C(=O)C(Cl)(Cl)Cl)CC1. The summed E-state index contributed by atoms with van der Waals surface area (Å²) in [5, 5.41) is 0. The first-order chi connectivity index (χ1) is 7.36. The third-order valence-corrected chi connectivity index (χ3v) is 3.20. The lowest BCUT2D eigenvalue weighted by Gasteiger charge is -2.32. The van der Waals surface area contributed by atoms with Crippen molar-refractivity contribution in [2.75, 3.05) is 14.2 Å². The number of rotatable bonds is 2. The van der Waals surface area contributed by atoms with E-state index in [1.165, 1.54) is 4.90 Å². The number of ether oxygens (including phenoxy) is 1. The summed E-state index contributed by atoms with van der Waals surface area (Å²) in [6.07, 6.45) is 4.32. The van der Waals surface area contributed by atoms with E-state index in [1.807, 2.05) is 6.08 Å². The molecule has 0 aromatic rings. The van der Waals surface area contributed by atoms with E-state index in [0.717, 1.165) is 25.0 Å². The van der Waals surface area contributed by atoms with Crippen molar-refractivity contribution in [3.8, 4) is 0 Å². The number of carbonyl (C=O) groups excluding carboxylic acids is 1. The van der Waals surface area contributed by atoms with Crippen molar-refractivity contribution >= 4 is 40.7 Å². The van der Waals surface area contributed by atoms with Gasteiger partial charge in [0.15, 0.2) is 0 Å². The van der Waals surface area contributed by atoms with Crippen molar-refractivity contribution in [3.05, 3.63) is 11.8 Å². The first kappa shape index (κ1) is 13.9. The van der Waals surface area contributed by atoms with Gasteiger partial charge in [-0.15, -0.1) is 0 Å². The molecule has 3 nitrogen and oxygen atoms in total. The fraction of sp³-hybridized carbons (Fsp3) is 0.700. The molecule has 0 bridgehead atoms. The third-order valence-electron chi connectivity index (χ3n) is 2.71. The van der Waals surface area contributed by atoms with Crippen LogP contribution in [0.2, 0.25) is 0 Å². The van der Waals surface area contributed by atoms with Gasteiger partial charge in [-0.1, -0.05) is 34.8 Å². The molecule has 1 unspecified atom stereocenters. The zero-order valence-electron chi connectivity index (χ0n) is 9.17. The van der Waals surface area contributed by atoms with Crippen LogP contribution in [0.25, 0.3) is 0 Å². The van der Waals surface area contributed by atoms with Crippen molar-refractivity contribution in [1.29, 1.82) is 0 Å². The number of hydrogen-bond acceptors (Lipinski definition) is 2. The summed E-state index contributed by atoms with van der Waals surface area (Å²) in [4.78, 5) is 13.2. The van der Waals surface area contributed by atoms with Gasteiger partial charge < -0.3 is 9.64 Å². The van der Waals surface area contributed by atoms with E-state index in [-0.39, 0.29) is 6.04 Å². The first-order valence-electron chi connectivity index (χ1n) is 4.93. The Morgan fingerprint density at radius 1 is 1.56 bits per heavy atom. The van der Waals surface area contributed by atoms with Gasteiger partial charge >= 0.3 is 0 Å². The summed E-state index contributed by atoms with van der Waals surface area (Å²) >= 11 is 16.7. The lowest BCUT2D eigenvalue weighted by molar-refractivity contribution is -0.131. The summed E-state index contributed by atoms with van der Waals surface area (Å²) in [5.41, 5.74) is 0. The van der Waals surface area contributed by atoms with E-state index in [0.29, 0.717) is 0 Å². The molecule has 1 aliphatic carbocycles. The quantitative estimate of drug-likeness (QED) is 0.731. The van der Waals surface area contributed by atoms with E-state index < -0.39 is 9.70 Å². The molecule has 0 fully saturated rings. The number of methoxy groups -OCH3 is 1. The normalized spacial score (nSPS) is 21.3. The van der Waals surface area contributed by atoms with Crippen LogP contribution in [0, 0.1) is 0 Å². The lowest BCUT2D eigenvalue weighted by Crippen LogP contribution is -2.43. The van der Waals surface area contributed by atoms with Gasteiger partial charge in [0.2, 0.25) is 0 Å². The predicted octanol–water partition coefficient (Wildman–Crippen LogP) is 2.90. The maximum Gasteiger partial charge on any atom is 0.274 e. The fourth-order valence-electron chi connectivity index (χ4n) is 1.70. The molecule has 6 heteroatoms. The molecule has 16 heavy (non-hydrogen) atoms. The maximum absolute atomic E-state index is 11.7. The topological polar surface area (TPSA) is 29.5 Å². The molecule has 0 aromatic carbocycles. The van der Waals surface area contributed by atoms with Crippen LogP contribution in [0.1, 0.15) is 19.3 Å². The number of allylic oxidation sites excluding steroid dienone is 1. The van der Waals surface area contributed by atoms with Gasteiger partial charge in [0.1, 0.15) is 0 Å². The van der Waals surface area contributed by atoms with Gasteiger partial charge in [-0.3, -0.25) is 4.79 Å². The predicted molar refractivity (Wildman–Crippen MR) is 65.8 cm³/mol. The van der Waals surface area contributed by atoms with E-state index in [1.54, 1.807) is 14.2 Å². The minimum absolute atomic E-state index is 0.0713. The number of halogens is 3. The van der Waals surface area contributed by atoms with Crippen molar-refractivity contribution < 1.29 is 9.53 Å². The number of amides is 1. The minimum Gasteiger partial charge on any atom is -0.501 e. The van der Waals surface area contributed by atoms with Crippen molar-refractivity contribution in [2.24, 2.45) is 0 Å². The first-order valence-corrected chi connectivity index (χ1v) is 6.06. The summed E-state index contributed by atoms with van der Waals surface area (Å²) in [7, 11) is 3.29. The lowest BCUT2D eigenvalue weighted by atomic mass is 9.99. The van der Waals surface area contributed by atoms with Gasteiger partial charge in [0, 0.05) is 19.5 Å². The molecule has 1 atom stereocenters.